The average molecular weight is 500 g/mol. The molecule has 0 radical (unpaired) electrons. The Morgan fingerprint density at radius 1 is 1.11 bits per heavy atom. The van der Waals surface area contributed by atoms with Crippen LogP contribution in [0.4, 0.5) is 0 Å². The van der Waals surface area contributed by atoms with Crippen molar-refractivity contribution in [3.8, 4) is 5.06 Å². The molecule has 3 aromatic rings. The van der Waals surface area contributed by atoms with Crippen molar-refractivity contribution in [2.24, 2.45) is 0 Å². The van der Waals surface area contributed by atoms with Crippen molar-refractivity contribution in [1.29, 1.82) is 0 Å². The number of hydrogen-bond donors (Lipinski definition) is 0. The van der Waals surface area contributed by atoms with Crippen LogP contribution >= 0.6 is 67.9 Å². The first kappa shape index (κ1) is 13.1. The van der Waals surface area contributed by atoms with Crippen molar-refractivity contribution in [3.63, 3.8) is 0 Å². The Bertz CT molecular complexity index is 773. The summed E-state index contributed by atoms with van der Waals surface area (Å²) >= 11 is 7.75. The fraction of sp³-hybridized carbons (Fsp3) is 0.0833. The van der Waals surface area contributed by atoms with E-state index in [1.165, 1.54) is 10.1 Å². The van der Waals surface area contributed by atoms with E-state index in [1.807, 2.05) is 0 Å². The topological polar surface area (TPSA) is 26.3 Å². The molecule has 0 aliphatic heterocycles. The van der Waals surface area contributed by atoms with Gasteiger partial charge in [-0.15, -0.1) is 11.3 Å². The van der Waals surface area contributed by atoms with E-state index in [9.17, 15) is 4.79 Å². The van der Waals surface area contributed by atoms with Gasteiger partial charge in [0.1, 0.15) is 0 Å². The molecule has 0 saturated heterocycles. The van der Waals surface area contributed by atoms with Gasteiger partial charge in [0.2, 0.25) is 0 Å². The SMILES string of the molecule is COc1sc2cc3c(I)c(C=O)sc3cc2c1I. The molecule has 0 aliphatic rings. The molecule has 1 aromatic carbocycles. The Hall–Kier alpha value is 0.0700. The number of ether oxygens (including phenoxy) is 1. The summed E-state index contributed by atoms with van der Waals surface area (Å²) in [4.78, 5) is 11.8. The van der Waals surface area contributed by atoms with Crippen LogP contribution in [-0.4, -0.2) is 13.4 Å². The maximum absolute atomic E-state index is 11.0. The second-order valence-electron chi connectivity index (χ2n) is 3.65. The van der Waals surface area contributed by atoms with Crippen LogP contribution in [-0.2, 0) is 0 Å². The second kappa shape index (κ2) is 4.88. The number of thiophene rings is 2. The Morgan fingerprint density at radius 2 is 1.72 bits per heavy atom. The van der Waals surface area contributed by atoms with Gasteiger partial charge in [-0.25, -0.2) is 0 Å². The van der Waals surface area contributed by atoms with Gasteiger partial charge in [-0.2, -0.15) is 0 Å². The quantitative estimate of drug-likeness (QED) is 0.360. The molecular formula is C12H6I2O2S2. The summed E-state index contributed by atoms with van der Waals surface area (Å²) in [6, 6.07) is 4.32. The molecule has 0 atom stereocenters. The van der Waals surface area contributed by atoms with Crippen LogP contribution in [0.25, 0.3) is 20.2 Å². The number of rotatable bonds is 2. The Balaban J connectivity index is 2.42. The van der Waals surface area contributed by atoms with Crippen LogP contribution in [0.15, 0.2) is 12.1 Å². The number of aldehydes is 1. The summed E-state index contributed by atoms with van der Waals surface area (Å²) in [6.07, 6.45) is 0.937. The molecule has 0 spiro atoms. The predicted octanol–water partition coefficient (Wildman–Crippen LogP) is 5.15. The summed E-state index contributed by atoms with van der Waals surface area (Å²) < 4.78 is 9.92. The molecule has 92 valence electrons. The van der Waals surface area contributed by atoms with Crippen LogP contribution in [0, 0.1) is 7.14 Å². The van der Waals surface area contributed by atoms with E-state index >= 15 is 0 Å². The van der Waals surface area contributed by atoms with Gasteiger partial charge >= 0.3 is 0 Å². The van der Waals surface area contributed by atoms with Crippen molar-refractivity contribution < 1.29 is 9.53 Å². The van der Waals surface area contributed by atoms with Crippen LogP contribution in [0.1, 0.15) is 9.67 Å². The van der Waals surface area contributed by atoms with Gasteiger partial charge < -0.3 is 4.74 Å². The van der Waals surface area contributed by atoms with Crippen molar-refractivity contribution in [1.82, 2.24) is 0 Å². The van der Waals surface area contributed by atoms with Gasteiger partial charge in [-0.3, -0.25) is 4.79 Å². The lowest BCUT2D eigenvalue weighted by Crippen LogP contribution is -1.78. The molecule has 0 saturated carbocycles. The highest BCUT2D eigenvalue weighted by molar-refractivity contribution is 14.1. The first-order chi connectivity index (χ1) is 8.65. The van der Waals surface area contributed by atoms with E-state index in [4.69, 9.17) is 4.74 Å². The molecule has 0 aliphatic carbocycles. The Kier molecular flexibility index (Phi) is 3.54. The number of methoxy groups -OCH3 is 1. The van der Waals surface area contributed by atoms with Crippen molar-refractivity contribution in [3.05, 3.63) is 24.2 Å². The van der Waals surface area contributed by atoms with E-state index in [2.05, 4.69) is 57.3 Å². The minimum absolute atomic E-state index is 0.810. The van der Waals surface area contributed by atoms with Gasteiger partial charge in [0.05, 0.1) is 15.6 Å². The average Bonchev–Trinajstić information content (AvgIpc) is 2.86. The maximum Gasteiger partial charge on any atom is 0.188 e. The molecule has 2 nitrogen and oxygen atoms in total. The molecule has 0 amide bonds. The van der Waals surface area contributed by atoms with E-state index in [0.717, 1.165) is 33.5 Å². The molecular weight excluding hydrogens is 494 g/mol. The number of carbonyl (C=O) groups excluding carboxylic acids is 1. The summed E-state index contributed by atoms with van der Waals surface area (Å²) in [5.41, 5.74) is 0. The van der Waals surface area contributed by atoms with E-state index in [1.54, 1.807) is 29.8 Å². The highest BCUT2D eigenvalue weighted by atomic mass is 127. The van der Waals surface area contributed by atoms with Crippen LogP contribution in [0.3, 0.4) is 0 Å². The van der Waals surface area contributed by atoms with Gasteiger partial charge in [-0.1, -0.05) is 11.3 Å². The van der Waals surface area contributed by atoms with Crippen molar-refractivity contribution in [2.45, 2.75) is 0 Å². The van der Waals surface area contributed by atoms with Gasteiger partial charge in [0, 0.05) is 23.7 Å². The Morgan fingerprint density at radius 3 is 2.33 bits per heavy atom. The maximum atomic E-state index is 11.0. The number of halogens is 2. The molecule has 0 bridgehead atoms. The number of hydrogen-bond acceptors (Lipinski definition) is 4. The Labute approximate surface area is 139 Å². The zero-order chi connectivity index (χ0) is 12.9. The van der Waals surface area contributed by atoms with Crippen molar-refractivity contribution in [2.75, 3.05) is 7.11 Å². The summed E-state index contributed by atoms with van der Waals surface area (Å²) in [5.74, 6) is 0. The summed E-state index contributed by atoms with van der Waals surface area (Å²) in [7, 11) is 1.70. The monoisotopic (exact) mass is 500 g/mol. The fourth-order valence-corrected chi connectivity index (χ4v) is 5.96. The highest BCUT2D eigenvalue weighted by Crippen LogP contribution is 2.42. The van der Waals surface area contributed by atoms with Gasteiger partial charge in [0.25, 0.3) is 0 Å². The molecule has 0 N–H and O–H groups in total. The minimum Gasteiger partial charge on any atom is -0.486 e. The lowest BCUT2D eigenvalue weighted by atomic mass is 10.2. The fourth-order valence-electron chi connectivity index (χ4n) is 1.83. The summed E-state index contributed by atoms with van der Waals surface area (Å²) in [6.45, 7) is 0. The molecule has 6 heteroatoms. The van der Waals surface area contributed by atoms with Crippen LogP contribution < -0.4 is 4.74 Å². The third-order valence-electron chi connectivity index (χ3n) is 2.67. The van der Waals surface area contributed by atoms with Gasteiger partial charge in [0.15, 0.2) is 11.3 Å². The molecule has 2 aromatic heterocycles. The molecule has 18 heavy (non-hydrogen) atoms. The van der Waals surface area contributed by atoms with E-state index in [0.29, 0.717) is 0 Å². The zero-order valence-electron chi connectivity index (χ0n) is 9.12. The lowest BCUT2D eigenvalue weighted by Gasteiger charge is -1.94. The first-order valence-electron chi connectivity index (χ1n) is 4.99. The smallest absolute Gasteiger partial charge is 0.188 e. The second-order valence-corrected chi connectivity index (χ2v) is 7.91. The van der Waals surface area contributed by atoms with Crippen LogP contribution in [0.5, 0.6) is 5.06 Å². The zero-order valence-corrected chi connectivity index (χ0v) is 15.1. The number of fused-ring (bicyclic) bond motifs is 2. The van der Waals surface area contributed by atoms with Crippen molar-refractivity contribution >= 4 is 94.3 Å². The molecule has 2 heterocycles. The van der Waals surface area contributed by atoms with E-state index < -0.39 is 0 Å². The predicted molar refractivity (Wildman–Crippen MR) is 94.6 cm³/mol. The molecule has 0 unspecified atom stereocenters. The number of carbonyl (C=O) groups is 1. The third kappa shape index (κ3) is 1.88. The standard InChI is InChI=1S/C12H6I2O2S2/c1-16-12-11(14)6-3-7-5(2-8(6)18-12)10(13)9(4-15)17-7/h2-4H,1H3. The molecule has 3 rings (SSSR count). The number of benzene rings is 1. The van der Waals surface area contributed by atoms with E-state index in [-0.39, 0.29) is 0 Å². The lowest BCUT2D eigenvalue weighted by molar-refractivity contribution is 0.112. The van der Waals surface area contributed by atoms with Crippen LogP contribution in [0.2, 0.25) is 0 Å². The third-order valence-corrected chi connectivity index (χ3v) is 7.82. The molecule has 0 fully saturated rings. The minimum atomic E-state index is 0.810. The largest absolute Gasteiger partial charge is 0.486 e. The first-order valence-corrected chi connectivity index (χ1v) is 8.78. The highest BCUT2D eigenvalue weighted by Gasteiger charge is 2.15. The normalized spacial score (nSPS) is 11.3. The van der Waals surface area contributed by atoms with Gasteiger partial charge in [-0.05, 0) is 57.3 Å². The summed E-state index contributed by atoms with van der Waals surface area (Å²) in [5, 5.41) is 3.32.